The summed E-state index contributed by atoms with van der Waals surface area (Å²) in [5.74, 6) is 0.994. The second kappa shape index (κ2) is 7.60. The minimum Gasteiger partial charge on any atom is -0.485 e. The Morgan fingerprint density at radius 2 is 1.96 bits per heavy atom. The van der Waals surface area contributed by atoms with E-state index < -0.39 is 11.7 Å². The molecule has 0 spiro atoms. The molecular weight excluding hydrogens is 412 g/mol. The van der Waals surface area contributed by atoms with Crippen molar-refractivity contribution in [3.8, 4) is 5.75 Å². The minimum atomic E-state index is -0.599. The van der Waals surface area contributed by atoms with Gasteiger partial charge in [0.05, 0.1) is 10.2 Å². The highest BCUT2D eigenvalue weighted by Crippen LogP contribution is 2.38. The summed E-state index contributed by atoms with van der Waals surface area (Å²) in [4.78, 5) is 16.6. The lowest BCUT2D eigenvalue weighted by Gasteiger charge is -2.20. The molecule has 0 atom stereocenters. The fraction of sp³-hybridized carbons (Fsp3) is 0.300. The number of carbonyl (C=O) groups excluding carboxylic acids is 1. The van der Waals surface area contributed by atoms with E-state index in [9.17, 15) is 4.79 Å². The molecule has 0 bridgehead atoms. The zero-order chi connectivity index (χ0) is 19.6. The first-order valence-corrected chi connectivity index (χ1v) is 9.28. The molecule has 0 radical (unpaired) electrons. The SMILES string of the molecule is Cc1nc2c(Br)c(NC(=O)OC(C)(C)C)cc(OCc3ccccc3)c2o1. The average Bonchev–Trinajstić information content (AvgIpc) is 2.98. The lowest BCUT2D eigenvalue weighted by Crippen LogP contribution is -2.27. The lowest BCUT2D eigenvalue weighted by molar-refractivity contribution is 0.0636. The number of halogens is 1. The molecule has 3 aromatic rings. The number of aromatic nitrogens is 1. The minimum absolute atomic E-state index is 0.364. The topological polar surface area (TPSA) is 73.6 Å². The first-order chi connectivity index (χ1) is 12.7. The number of hydrogen-bond donors (Lipinski definition) is 1. The largest absolute Gasteiger partial charge is 0.485 e. The number of aryl methyl sites for hydroxylation is 1. The van der Waals surface area contributed by atoms with Crippen LogP contribution in [0, 0.1) is 6.92 Å². The standard InChI is InChI=1S/C20H21BrN2O4/c1-12-22-17-16(21)14(23-19(24)27-20(2,3)4)10-15(18(17)26-12)25-11-13-8-6-5-7-9-13/h5-10H,11H2,1-4H3,(H,23,24). The van der Waals surface area contributed by atoms with Crippen LogP contribution in [0.4, 0.5) is 10.5 Å². The highest BCUT2D eigenvalue weighted by Gasteiger charge is 2.21. The number of anilines is 1. The van der Waals surface area contributed by atoms with Crippen molar-refractivity contribution in [1.82, 2.24) is 4.98 Å². The number of oxazole rings is 1. The molecule has 0 unspecified atom stereocenters. The van der Waals surface area contributed by atoms with Crippen LogP contribution >= 0.6 is 15.9 Å². The van der Waals surface area contributed by atoms with E-state index in [0.717, 1.165) is 5.56 Å². The van der Waals surface area contributed by atoms with Crippen molar-refractivity contribution in [3.63, 3.8) is 0 Å². The Bertz CT molecular complexity index is 962. The van der Waals surface area contributed by atoms with E-state index in [-0.39, 0.29) is 0 Å². The summed E-state index contributed by atoms with van der Waals surface area (Å²) in [7, 11) is 0. The first kappa shape index (κ1) is 19.2. The monoisotopic (exact) mass is 432 g/mol. The molecule has 142 valence electrons. The van der Waals surface area contributed by atoms with Crippen molar-refractivity contribution >= 4 is 38.8 Å². The van der Waals surface area contributed by atoms with Crippen LogP contribution in [0.3, 0.4) is 0 Å². The molecule has 7 heteroatoms. The molecule has 0 saturated heterocycles. The molecular formula is C20H21BrN2O4. The van der Waals surface area contributed by atoms with Gasteiger partial charge in [-0.25, -0.2) is 9.78 Å². The summed E-state index contributed by atoms with van der Waals surface area (Å²) in [6.45, 7) is 7.54. The number of carbonyl (C=O) groups is 1. The Morgan fingerprint density at radius 1 is 1.26 bits per heavy atom. The average molecular weight is 433 g/mol. The molecule has 6 nitrogen and oxygen atoms in total. The number of fused-ring (bicyclic) bond motifs is 1. The summed E-state index contributed by atoms with van der Waals surface area (Å²) < 4.78 is 17.6. The van der Waals surface area contributed by atoms with E-state index in [2.05, 4.69) is 26.2 Å². The van der Waals surface area contributed by atoms with Crippen molar-refractivity contribution in [3.05, 3.63) is 52.3 Å². The predicted octanol–water partition coefficient (Wildman–Crippen LogP) is 5.82. The van der Waals surface area contributed by atoms with Gasteiger partial charge in [-0.3, -0.25) is 5.32 Å². The Kier molecular flexibility index (Phi) is 5.41. The van der Waals surface area contributed by atoms with E-state index >= 15 is 0 Å². The quantitative estimate of drug-likeness (QED) is 0.561. The van der Waals surface area contributed by atoms with Crippen LogP contribution in [-0.2, 0) is 11.3 Å². The molecule has 1 heterocycles. The van der Waals surface area contributed by atoms with Gasteiger partial charge < -0.3 is 13.9 Å². The van der Waals surface area contributed by atoms with E-state index in [0.29, 0.717) is 39.5 Å². The first-order valence-electron chi connectivity index (χ1n) is 8.49. The smallest absolute Gasteiger partial charge is 0.412 e. The van der Waals surface area contributed by atoms with E-state index in [1.165, 1.54) is 0 Å². The Hall–Kier alpha value is -2.54. The van der Waals surface area contributed by atoms with Gasteiger partial charge in [0.25, 0.3) is 0 Å². The maximum Gasteiger partial charge on any atom is 0.412 e. The highest BCUT2D eigenvalue weighted by atomic mass is 79.9. The molecule has 1 aromatic heterocycles. The molecule has 0 saturated carbocycles. The van der Waals surface area contributed by atoms with Gasteiger partial charge in [0, 0.05) is 13.0 Å². The van der Waals surface area contributed by atoms with Gasteiger partial charge in [0.1, 0.15) is 17.7 Å². The van der Waals surface area contributed by atoms with Crippen LogP contribution in [0.15, 0.2) is 45.3 Å². The molecule has 3 rings (SSSR count). The molecule has 27 heavy (non-hydrogen) atoms. The van der Waals surface area contributed by atoms with Crippen LogP contribution in [-0.4, -0.2) is 16.7 Å². The molecule has 1 N–H and O–H groups in total. The lowest BCUT2D eigenvalue weighted by atomic mass is 10.2. The van der Waals surface area contributed by atoms with Crippen molar-refractivity contribution in [1.29, 1.82) is 0 Å². The highest BCUT2D eigenvalue weighted by molar-refractivity contribution is 9.10. The number of ether oxygens (including phenoxy) is 2. The number of amides is 1. The predicted molar refractivity (Wildman–Crippen MR) is 107 cm³/mol. The van der Waals surface area contributed by atoms with Gasteiger partial charge in [-0.05, 0) is 42.3 Å². The van der Waals surface area contributed by atoms with Gasteiger partial charge in [-0.1, -0.05) is 30.3 Å². The van der Waals surface area contributed by atoms with E-state index in [4.69, 9.17) is 13.9 Å². The second-order valence-corrected chi connectivity index (χ2v) is 7.84. The van der Waals surface area contributed by atoms with Crippen LogP contribution < -0.4 is 10.1 Å². The van der Waals surface area contributed by atoms with Gasteiger partial charge in [-0.15, -0.1) is 0 Å². The molecule has 0 aliphatic carbocycles. The van der Waals surface area contributed by atoms with E-state index in [1.54, 1.807) is 33.8 Å². The van der Waals surface area contributed by atoms with Crippen molar-refractivity contribution in [2.75, 3.05) is 5.32 Å². The number of rotatable bonds is 4. The maximum atomic E-state index is 12.2. The fourth-order valence-corrected chi connectivity index (χ4v) is 2.96. The summed E-state index contributed by atoms with van der Waals surface area (Å²) >= 11 is 3.49. The number of nitrogens with one attached hydrogen (secondary N) is 1. The molecule has 1 amide bonds. The molecule has 0 aliphatic heterocycles. The summed E-state index contributed by atoms with van der Waals surface area (Å²) in [5, 5.41) is 2.74. The normalized spacial score (nSPS) is 11.4. The summed E-state index contributed by atoms with van der Waals surface area (Å²) in [6.07, 6.45) is -0.559. The Labute approximate surface area is 166 Å². The number of hydrogen-bond acceptors (Lipinski definition) is 5. The van der Waals surface area contributed by atoms with Crippen molar-refractivity contribution in [2.24, 2.45) is 0 Å². The van der Waals surface area contributed by atoms with Crippen molar-refractivity contribution in [2.45, 2.75) is 39.9 Å². The van der Waals surface area contributed by atoms with Gasteiger partial charge in [-0.2, -0.15) is 0 Å². The van der Waals surface area contributed by atoms with Gasteiger partial charge >= 0.3 is 6.09 Å². The number of benzene rings is 2. The maximum absolute atomic E-state index is 12.2. The summed E-state index contributed by atoms with van der Waals surface area (Å²) in [5.41, 5.74) is 2.01. The van der Waals surface area contributed by atoms with Crippen molar-refractivity contribution < 1.29 is 18.7 Å². The fourth-order valence-electron chi connectivity index (χ4n) is 2.48. The second-order valence-electron chi connectivity index (χ2n) is 7.05. The Morgan fingerprint density at radius 3 is 2.63 bits per heavy atom. The van der Waals surface area contributed by atoms with Gasteiger partial charge in [0.2, 0.25) is 0 Å². The molecule has 0 aliphatic rings. The van der Waals surface area contributed by atoms with E-state index in [1.807, 2.05) is 30.3 Å². The Balaban J connectivity index is 1.92. The van der Waals surface area contributed by atoms with Crippen LogP contribution in [0.25, 0.3) is 11.1 Å². The van der Waals surface area contributed by atoms with Crippen LogP contribution in [0.2, 0.25) is 0 Å². The zero-order valence-electron chi connectivity index (χ0n) is 15.6. The third-order valence-corrected chi connectivity index (χ3v) is 4.35. The van der Waals surface area contributed by atoms with Crippen LogP contribution in [0.1, 0.15) is 32.2 Å². The van der Waals surface area contributed by atoms with Gasteiger partial charge in [0.15, 0.2) is 17.2 Å². The third kappa shape index (κ3) is 4.80. The zero-order valence-corrected chi connectivity index (χ0v) is 17.2. The van der Waals surface area contributed by atoms with Crippen LogP contribution in [0.5, 0.6) is 5.75 Å². The summed E-state index contributed by atoms with van der Waals surface area (Å²) in [6, 6.07) is 11.5. The number of nitrogens with zero attached hydrogens (tertiary/aromatic N) is 1. The third-order valence-electron chi connectivity index (χ3n) is 3.55. The molecule has 0 fully saturated rings. The molecule has 2 aromatic carbocycles.